The zero-order chi connectivity index (χ0) is 16.5. The van der Waals surface area contributed by atoms with Gasteiger partial charge in [0.25, 0.3) is 0 Å². The van der Waals surface area contributed by atoms with Gasteiger partial charge in [0.05, 0.1) is 0 Å². The van der Waals surface area contributed by atoms with Gasteiger partial charge in [-0.25, -0.2) is 0 Å². The predicted molar refractivity (Wildman–Crippen MR) is 81.7 cm³/mol. The molecule has 0 amide bonds. The van der Waals surface area contributed by atoms with Crippen molar-refractivity contribution in [3.63, 3.8) is 0 Å². The first-order valence-electron chi connectivity index (χ1n) is 6.73. The molecule has 7 heteroatoms. The molecule has 118 valence electrons. The lowest BCUT2D eigenvalue weighted by Gasteiger charge is -2.12. The van der Waals surface area contributed by atoms with Crippen LogP contribution in [0.3, 0.4) is 0 Å². The quantitative estimate of drug-likeness (QED) is 0.602. The average molecular weight is 325 g/mol. The molecule has 0 saturated heterocycles. The number of hydrogen-bond donors (Lipinski definition) is 3. The molecular weight excluding hydrogens is 307 g/mol. The molecule has 0 aliphatic carbocycles. The Bertz CT molecular complexity index is 554. The van der Waals surface area contributed by atoms with E-state index in [9.17, 15) is 19.0 Å². The van der Waals surface area contributed by atoms with Gasteiger partial charge in [0.15, 0.2) is 0 Å². The highest BCUT2D eigenvalue weighted by molar-refractivity contribution is 7.39. The first-order chi connectivity index (χ1) is 10.4. The van der Waals surface area contributed by atoms with Gasteiger partial charge in [0, 0.05) is 12.8 Å². The second kappa shape index (κ2) is 9.07. The topological polar surface area (TPSA) is 112 Å². The lowest BCUT2D eigenvalue weighted by molar-refractivity contribution is -0.143. The summed E-state index contributed by atoms with van der Waals surface area (Å²) >= 11 is 0. The molecule has 0 saturated carbocycles. The van der Waals surface area contributed by atoms with Crippen LogP contribution in [0.5, 0.6) is 0 Å². The largest absolute Gasteiger partial charge is 0.509 e. The van der Waals surface area contributed by atoms with Gasteiger partial charge in [-0.3, -0.25) is 9.59 Å². The Balaban J connectivity index is 2.77. The molecule has 3 unspecified atom stereocenters. The van der Waals surface area contributed by atoms with E-state index < -0.39 is 31.5 Å². The molecule has 1 rings (SSSR count). The highest BCUT2D eigenvalue weighted by atomic mass is 31.1. The summed E-state index contributed by atoms with van der Waals surface area (Å²) in [5.41, 5.74) is -0.112. The molecule has 0 radical (unpaired) electrons. The van der Waals surface area contributed by atoms with Crippen molar-refractivity contribution in [3.8, 4) is 0 Å². The van der Waals surface area contributed by atoms with Crippen LogP contribution in [0.4, 0.5) is 0 Å². The highest BCUT2D eigenvalue weighted by Gasteiger charge is 2.41. The minimum atomic E-state index is -2.72. The molecule has 0 fully saturated rings. The second-order valence-corrected chi connectivity index (χ2v) is 6.06. The number of hydrogen-bond acceptors (Lipinski definition) is 3. The van der Waals surface area contributed by atoms with Crippen molar-refractivity contribution in [1.82, 2.24) is 0 Å². The molecule has 6 nitrogen and oxygen atoms in total. The monoisotopic (exact) mass is 325 g/mol. The van der Waals surface area contributed by atoms with Crippen molar-refractivity contribution in [1.29, 1.82) is 0 Å². The van der Waals surface area contributed by atoms with Crippen LogP contribution >= 0.6 is 8.03 Å². The fourth-order valence-corrected chi connectivity index (χ4v) is 2.96. The van der Waals surface area contributed by atoms with Gasteiger partial charge in [-0.2, -0.15) is 4.89 Å². The molecule has 1 aromatic carbocycles. The minimum absolute atomic E-state index is 0.0944. The lowest BCUT2D eigenvalue weighted by atomic mass is 9.96. The molecule has 0 heterocycles. The maximum atomic E-state index is 11.4. The van der Waals surface area contributed by atoms with E-state index in [1.807, 2.05) is 30.3 Å². The molecule has 0 spiro atoms. The van der Waals surface area contributed by atoms with Crippen molar-refractivity contribution in [2.45, 2.75) is 24.9 Å². The maximum Gasteiger partial charge on any atom is 0.509 e. The molecular formula is C15H18O6P+. The number of carbonyl (C=O) groups is 2. The lowest BCUT2D eigenvalue weighted by Crippen LogP contribution is -2.26. The van der Waals surface area contributed by atoms with Gasteiger partial charge in [-0.1, -0.05) is 42.5 Å². The Hall–Kier alpha value is -2.04. The van der Waals surface area contributed by atoms with Crippen molar-refractivity contribution in [2.24, 2.45) is 5.92 Å². The van der Waals surface area contributed by atoms with E-state index in [2.05, 4.69) is 0 Å². The summed E-state index contributed by atoms with van der Waals surface area (Å²) in [6, 6.07) is 9.25. The molecule has 0 bridgehead atoms. The Labute approximate surface area is 129 Å². The van der Waals surface area contributed by atoms with E-state index in [1.54, 1.807) is 12.2 Å². The number of aliphatic carboxylic acids is 2. The molecule has 3 N–H and O–H groups in total. The summed E-state index contributed by atoms with van der Waals surface area (Å²) in [7, 11) is -2.72. The zero-order valence-electron chi connectivity index (χ0n) is 11.8. The van der Waals surface area contributed by atoms with Gasteiger partial charge >= 0.3 is 20.0 Å². The first kappa shape index (κ1) is 18.0. The molecule has 0 aliphatic rings. The van der Waals surface area contributed by atoms with Crippen molar-refractivity contribution < 1.29 is 29.3 Å². The van der Waals surface area contributed by atoms with Crippen molar-refractivity contribution >= 4 is 26.0 Å². The summed E-state index contributed by atoms with van der Waals surface area (Å²) in [6.45, 7) is 0. The molecule has 0 aromatic heterocycles. The van der Waals surface area contributed by atoms with Gasteiger partial charge in [-0.15, -0.1) is 0 Å². The number of carboxylic acid groups (broad SMARTS) is 2. The summed E-state index contributed by atoms with van der Waals surface area (Å²) in [5.74, 6) is -3.54. The van der Waals surface area contributed by atoms with Crippen molar-refractivity contribution in [3.05, 3.63) is 42.0 Å². The second-order valence-electron chi connectivity index (χ2n) is 4.80. The number of benzene rings is 1. The smallest absolute Gasteiger partial charge is 0.481 e. The third-order valence-corrected chi connectivity index (χ3v) is 4.36. The summed E-state index contributed by atoms with van der Waals surface area (Å²) < 4.78 is 11.4. The van der Waals surface area contributed by atoms with E-state index in [0.717, 1.165) is 5.56 Å². The van der Waals surface area contributed by atoms with Crippen LogP contribution in [0.1, 0.15) is 24.8 Å². The summed E-state index contributed by atoms with van der Waals surface area (Å²) in [4.78, 5) is 31.2. The number of allylic oxidation sites excluding steroid dienone is 1. The van der Waals surface area contributed by atoms with Crippen LogP contribution in [0.2, 0.25) is 0 Å². The SMILES string of the molecule is O=C(O)CCC(C(=O)O)C(CC=Cc1ccccc1)[P+](=O)O. The van der Waals surface area contributed by atoms with Crippen LogP contribution in [-0.2, 0) is 14.2 Å². The normalized spacial score (nSPS) is 14.5. The minimum Gasteiger partial charge on any atom is -0.481 e. The number of carboxylic acids is 2. The van der Waals surface area contributed by atoms with Gasteiger partial charge in [0.2, 0.25) is 5.66 Å². The third kappa shape index (κ3) is 6.16. The standard InChI is InChI=1S/C15H17O6P/c16-14(17)10-9-12(15(18)19)13(22(20)21)8-4-7-11-5-2-1-3-6-11/h1-7,12-13H,8-10H2,(H2-,16,17,18,19,20,21)/p+1. The fraction of sp³-hybridized carbons (Fsp3) is 0.333. The molecule has 0 aliphatic heterocycles. The Morgan fingerprint density at radius 1 is 1.18 bits per heavy atom. The average Bonchev–Trinajstić information content (AvgIpc) is 2.45. The van der Waals surface area contributed by atoms with Crippen LogP contribution < -0.4 is 0 Å². The summed E-state index contributed by atoms with van der Waals surface area (Å²) in [5, 5.41) is 17.8. The number of rotatable bonds is 9. The van der Waals surface area contributed by atoms with E-state index in [4.69, 9.17) is 10.2 Å². The van der Waals surface area contributed by atoms with Crippen LogP contribution in [-0.4, -0.2) is 32.7 Å². The van der Waals surface area contributed by atoms with Gasteiger partial charge in [0.1, 0.15) is 5.92 Å². The first-order valence-corrected chi connectivity index (χ1v) is 8.01. The van der Waals surface area contributed by atoms with E-state index in [-0.39, 0.29) is 19.3 Å². The van der Waals surface area contributed by atoms with E-state index in [1.165, 1.54) is 0 Å². The predicted octanol–water partition coefficient (Wildman–Crippen LogP) is 2.76. The van der Waals surface area contributed by atoms with Crippen LogP contribution in [0.25, 0.3) is 6.08 Å². The molecule has 22 heavy (non-hydrogen) atoms. The zero-order valence-corrected chi connectivity index (χ0v) is 12.7. The maximum absolute atomic E-state index is 11.4. The Morgan fingerprint density at radius 3 is 2.32 bits per heavy atom. The fourth-order valence-electron chi connectivity index (χ4n) is 2.08. The Morgan fingerprint density at radius 2 is 1.82 bits per heavy atom. The van der Waals surface area contributed by atoms with Crippen molar-refractivity contribution in [2.75, 3.05) is 0 Å². The van der Waals surface area contributed by atoms with Gasteiger partial charge in [-0.05, 0) is 16.5 Å². The van der Waals surface area contributed by atoms with E-state index >= 15 is 0 Å². The Kier molecular flexibility index (Phi) is 7.43. The molecule has 3 atom stereocenters. The highest BCUT2D eigenvalue weighted by Crippen LogP contribution is 2.35. The van der Waals surface area contributed by atoms with Crippen LogP contribution in [0, 0.1) is 5.92 Å². The van der Waals surface area contributed by atoms with Crippen LogP contribution in [0.15, 0.2) is 36.4 Å². The van der Waals surface area contributed by atoms with Gasteiger partial charge < -0.3 is 10.2 Å². The third-order valence-electron chi connectivity index (χ3n) is 3.22. The molecule has 1 aromatic rings. The van der Waals surface area contributed by atoms with E-state index in [0.29, 0.717) is 0 Å². The summed E-state index contributed by atoms with van der Waals surface area (Å²) in [6.07, 6.45) is 2.95.